The van der Waals surface area contributed by atoms with Crippen LogP contribution in [0.3, 0.4) is 0 Å². The standard InChI is InChI=1S/C24H18BrN7/c25-18-5-1-4-16(9-18)19-10-20(32-24-22(19)23(26)30-14-31-24)17-6-7-21(29-13-17)28-12-15-3-2-8-27-11-15/h1-11,13-14H,12H2,(H,28,29)(H2,26,30,31,32). The summed E-state index contributed by atoms with van der Waals surface area (Å²) < 4.78 is 0.975. The van der Waals surface area contributed by atoms with Crippen LogP contribution in [0.5, 0.6) is 0 Å². The van der Waals surface area contributed by atoms with Gasteiger partial charge in [-0.3, -0.25) is 4.98 Å². The van der Waals surface area contributed by atoms with Crippen LogP contribution in [0.1, 0.15) is 5.56 Å². The number of pyridine rings is 3. The van der Waals surface area contributed by atoms with Gasteiger partial charge in [0.2, 0.25) is 0 Å². The van der Waals surface area contributed by atoms with Gasteiger partial charge in [-0.2, -0.15) is 0 Å². The molecule has 0 fully saturated rings. The Balaban J connectivity index is 1.51. The molecular formula is C24H18BrN7. The van der Waals surface area contributed by atoms with Crippen molar-refractivity contribution in [2.24, 2.45) is 0 Å². The average Bonchev–Trinajstić information content (AvgIpc) is 2.83. The Morgan fingerprint density at radius 2 is 1.84 bits per heavy atom. The van der Waals surface area contributed by atoms with Crippen LogP contribution in [0.4, 0.5) is 11.6 Å². The molecule has 156 valence electrons. The number of fused-ring (bicyclic) bond motifs is 1. The van der Waals surface area contributed by atoms with E-state index in [2.05, 4.69) is 41.2 Å². The second-order valence-electron chi connectivity index (χ2n) is 7.17. The first-order valence-corrected chi connectivity index (χ1v) is 10.7. The number of nitrogens with one attached hydrogen (secondary N) is 1. The largest absolute Gasteiger partial charge is 0.383 e. The molecule has 8 heteroatoms. The summed E-state index contributed by atoms with van der Waals surface area (Å²) in [5.74, 6) is 1.18. The Morgan fingerprint density at radius 3 is 2.62 bits per heavy atom. The van der Waals surface area contributed by atoms with Crippen molar-refractivity contribution in [1.82, 2.24) is 24.9 Å². The molecule has 0 radical (unpaired) electrons. The lowest BCUT2D eigenvalue weighted by molar-refractivity contribution is 1.09. The predicted molar refractivity (Wildman–Crippen MR) is 130 cm³/mol. The highest BCUT2D eigenvalue weighted by Crippen LogP contribution is 2.34. The number of anilines is 2. The van der Waals surface area contributed by atoms with Crippen LogP contribution in [-0.4, -0.2) is 24.9 Å². The van der Waals surface area contributed by atoms with E-state index in [4.69, 9.17) is 10.7 Å². The molecule has 0 aliphatic heterocycles. The second kappa shape index (κ2) is 8.68. The number of aromatic nitrogens is 5. The molecule has 5 aromatic rings. The molecule has 0 atom stereocenters. The number of hydrogen-bond donors (Lipinski definition) is 2. The molecule has 7 nitrogen and oxygen atoms in total. The van der Waals surface area contributed by atoms with Crippen LogP contribution < -0.4 is 11.1 Å². The third-order valence-electron chi connectivity index (χ3n) is 5.02. The summed E-state index contributed by atoms with van der Waals surface area (Å²) in [4.78, 5) is 21.9. The van der Waals surface area contributed by atoms with E-state index in [1.54, 1.807) is 12.4 Å². The summed E-state index contributed by atoms with van der Waals surface area (Å²) in [5, 5.41) is 4.04. The maximum absolute atomic E-state index is 6.19. The topological polar surface area (TPSA) is 102 Å². The number of nitrogen functional groups attached to an aromatic ring is 1. The molecular weight excluding hydrogens is 466 g/mol. The highest BCUT2D eigenvalue weighted by Gasteiger charge is 2.14. The monoisotopic (exact) mass is 483 g/mol. The van der Waals surface area contributed by atoms with Crippen LogP contribution in [0, 0.1) is 0 Å². The maximum atomic E-state index is 6.19. The van der Waals surface area contributed by atoms with Gasteiger partial charge in [0.15, 0.2) is 5.65 Å². The van der Waals surface area contributed by atoms with Crippen LogP contribution in [-0.2, 0) is 6.54 Å². The van der Waals surface area contributed by atoms with Gasteiger partial charge in [0.25, 0.3) is 0 Å². The number of halogens is 1. The summed E-state index contributed by atoms with van der Waals surface area (Å²) in [5.41, 5.74) is 11.4. The average molecular weight is 484 g/mol. The molecule has 4 heterocycles. The molecule has 32 heavy (non-hydrogen) atoms. The Morgan fingerprint density at radius 1 is 0.906 bits per heavy atom. The zero-order chi connectivity index (χ0) is 21.9. The first kappa shape index (κ1) is 20.0. The van der Waals surface area contributed by atoms with E-state index in [1.807, 2.05) is 60.8 Å². The van der Waals surface area contributed by atoms with Gasteiger partial charge in [-0.05, 0) is 53.1 Å². The zero-order valence-corrected chi connectivity index (χ0v) is 18.5. The molecule has 0 bridgehead atoms. The van der Waals surface area contributed by atoms with Gasteiger partial charge < -0.3 is 11.1 Å². The summed E-state index contributed by atoms with van der Waals surface area (Å²) in [6.45, 7) is 0.650. The van der Waals surface area contributed by atoms with Crippen molar-refractivity contribution in [3.8, 4) is 22.4 Å². The summed E-state index contributed by atoms with van der Waals surface area (Å²) in [6.07, 6.45) is 6.82. The molecule has 1 aromatic carbocycles. The lowest BCUT2D eigenvalue weighted by atomic mass is 10.0. The van der Waals surface area contributed by atoms with Gasteiger partial charge in [-0.1, -0.05) is 34.1 Å². The minimum Gasteiger partial charge on any atom is -0.383 e. The van der Waals surface area contributed by atoms with Crippen molar-refractivity contribution in [2.75, 3.05) is 11.1 Å². The first-order chi connectivity index (χ1) is 15.7. The molecule has 5 rings (SSSR count). The van der Waals surface area contributed by atoms with Crippen molar-refractivity contribution < 1.29 is 0 Å². The summed E-state index contributed by atoms with van der Waals surface area (Å²) in [7, 11) is 0. The Hall–Kier alpha value is -3.91. The first-order valence-electron chi connectivity index (χ1n) is 9.94. The number of nitrogens with two attached hydrogens (primary N) is 1. The number of nitrogens with zero attached hydrogens (tertiary/aromatic N) is 5. The zero-order valence-electron chi connectivity index (χ0n) is 16.9. The lowest BCUT2D eigenvalue weighted by Crippen LogP contribution is -2.02. The summed E-state index contributed by atoms with van der Waals surface area (Å²) >= 11 is 3.55. The fourth-order valence-corrected chi connectivity index (χ4v) is 3.86. The molecule has 0 spiro atoms. The molecule has 0 saturated heterocycles. The normalized spacial score (nSPS) is 10.9. The van der Waals surface area contributed by atoms with E-state index in [-0.39, 0.29) is 0 Å². The molecule has 0 unspecified atom stereocenters. The van der Waals surface area contributed by atoms with Crippen molar-refractivity contribution in [3.63, 3.8) is 0 Å². The second-order valence-corrected chi connectivity index (χ2v) is 8.09. The maximum Gasteiger partial charge on any atom is 0.165 e. The van der Waals surface area contributed by atoms with Crippen LogP contribution in [0.15, 0.2) is 84.0 Å². The van der Waals surface area contributed by atoms with E-state index >= 15 is 0 Å². The number of hydrogen-bond acceptors (Lipinski definition) is 7. The van der Waals surface area contributed by atoms with Crippen molar-refractivity contribution in [3.05, 3.63) is 89.6 Å². The van der Waals surface area contributed by atoms with Crippen molar-refractivity contribution >= 4 is 38.6 Å². The number of benzene rings is 1. The highest BCUT2D eigenvalue weighted by molar-refractivity contribution is 9.10. The Labute approximate surface area is 193 Å². The Kier molecular flexibility index (Phi) is 5.43. The highest BCUT2D eigenvalue weighted by atomic mass is 79.9. The van der Waals surface area contributed by atoms with E-state index < -0.39 is 0 Å². The third kappa shape index (κ3) is 4.13. The van der Waals surface area contributed by atoms with Crippen LogP contribution >= 0.6 is 15.9 Å². The summed E-state index contributed by atoms with van der Waals surface area (Å²) in [6, 6.07) is 17.9. The quantitative estimate of drug-likeness (QED) is 0.358. The molecule has 3 N–H and O–H groups in total. The minimum absolute atomic E-state index is 0.400. The fraction of sp³-hybridized carbons (Fsp3) is 0.0417. The lowest BCUT2D eigenvalue weighted by Gasteiger charge is -2.12. The van der Waals surface area contributed by atoms with Gasteiger partial charge >= 0.3 is 0 Å². The number of rotatable bonds is 5. The van der Waals surface area contributed by atoms with Crippen molar-refractivity contribution in [1.29, 1.82) is 0 Å². The van der Waals surface area contributed by atoms with Gasteiger partial charge in [0, 0.05) is 35.2 Å². The van der Waals surface area contributed by atoms with Gasteiger partial charge in [-0.15, -0.1) is 0 Å². The minimum atomic E-state index is 0.400. The van der Waals surface area contributed by atoms with Crippen LogP contribution in [0.25, 0.3) is 33.4 Å². The smallest absolute Gasteiger partial charge is 0.165 e. The van der Waals surface area contributed by atoms with Crippen LogP contribution in [0.2, 0.25) is 0 Å². The van der Waals surface area contributed by atoms with Gasteiger partial charge in [-0.25, -0.2) is 19.9 Å². The molecule has 0 aliphatic rings. The van der Waals surface area contributed by atoms with E-state index in [0.29, 0.717) is 18.0 Å². The Bertz CT molecular complexity index is 1390. The predicted octanol–water partition coefficient (Wildman–Crippen LogP) is 5.11. The van der Waals surface area contributed by atoms with E-state index in [0.717, 1.165) is 43.6 Å². The third-order valence-corrected chi connectivity index (χ3v) is 5.52. The van der Waals surface area contributed by atoms with Gasteiger partial charge in [0.1, 0.15) is 18.0 Å². The fourth-order valence-electron chi connectivity index (χ4n) is 3.46. The molecule has 0 aliphatic carbocycles. The van der Waals surface area contributed by atoms with Gasteiger partial charge in [0.05, 0.1) is 11.1 Å². The molecule has 4 aromatic heterocycles. The van der Waals surface area contributed by atoms with Crippen molar-refractivity contribution in [2.45, 2.75) is 6.54 Å². The van der Waals surface area contributed by atoms with E-state index in [9.17, 15) is 0 Å². The molecule has 0 saturated carbocycles. The SMILES string of the molecule is Nc1ncnc2nc(-c3ccc(NCc4cccnc4)nc3)cc(-c3cccc(Br)c3)c12. The molecule has 0 amide bonds. The van der Waals surface area contributed by atoms with E-state index in [1.165, 1.54) is 6.33 Å².